The summed E-state index contributed by atoms with van der Waals surface area (Å²) in [6, 6.07) is 12.6. The Bertz CT molecular complexity index is 940. The van der Waals surface area contributed by atoms with Crippen molar-refractivity contribution >= 4 is 34.0 Å². The first-order valence-corrected chi connectivity index (χ1v) is 9.46. The minimum atomic E-state index is -0.824. The molecule has 146 valence electrons. The van der Waals surface area contributed by atoms with E-state index in [2.05, 4.69) is 15.5 Å². The van der Waals surface area contributed by atoms with Crippen molar-refractivity contribution < 1.29 is 19.0 Å². The Balaban J connectivity index is 1.81. The quantitative estimate of drug-likeness (QED) is 0.579. The van der Waals surface area contributed by atoms with E-state index >= 15 is 0 Å². The molecule has 0 spiro atoms. The lowest BCUT2D eigenvalue weighted by molar-refractivity contribution is -0.116. The molecule has 0 fully saturated rings. The van der Waals surface area contributed by atoms with Gasteiger partial charge in [0, 0.05) is 5.56 Å². The summed E-state index contributed by atoms with van der Waals surface area (Å²) >= 11 is 7.45. The zero-order chi connectivity index (χ0) is 20.1. The van der Waals surface area contributed by atoms with E-state index in [0.717, 1.165) is 5.56 Å². The van der Waals surface area contributed by atoms with Crippen molar-refractivity contribution in [2.75, 3.05) is 26.6 Å². The lowest BCUT2D eigenvalue weighted by atomic mass is 10.1. The van der Waals surface area contributed by atoms with Crippen molar-refractivity contribution in [1.29, 1.82) is 0 Å². The van der Waals surface area contributed by atoms with Crippen LogP contribution in [0.4, 0.5) is 5.13 Å². The topological polar surface area (TPSA) is 82.6 Å². The van der Waals surface area contributed by atoms with Gasteiger partial charge in [0.25, 0.3) is 0 Å². The van der Waals surface area contributed by atoms with E-state index in [1.807, 2.05) is 18.2 Å². The molecule has 1 N–H and O–H groups in total. The third-order valence-electron chi connectivity index (χ3n) is 3.89. The number of ether oxygens (including phenoxy) is 3. The van der Waals surface area contributed by atoms with E-state index in [1.54, 1.807) is 24.3 Å². The molecule has 0 aliphatic carbocycles. The number of rotatable bonds is 7. The molecule has 2 aromatic carbocycles. The first-order valence-electron chi connectivity index (χ1n) is 8.21. The predicted octanol–water partition coefficient (Wildman–Crippen LogP) is 4.15. The number of aromatic nitrogens is 2. The molecule has 0 saturated heterocycles. The fraction of sp³-hybridized carbons (Fsp3) is 0.211. The van der Waals surface area contributed by atoms with Crippen LogP contribution in [0.25, 0.3) is 10.6 Å². The van der Waals surface area contributed by atoms with E-state index < -0.39 is 5.38 Å². The first-order chi connectivity index (χ1) is 13.6. The molecule has 0 aliphatic heterocycles. The summed E-state index contributed by atoms with van der Waals surface area (Å²) in [5, 5.41) is 11.0. The molecule has 9 heteroatoms. The largest absolute Gasteiger partial charge is 0.493 e. The molecule has 3 rings (SSSR count). The number of halogens is 1. The Morgan fingerprint density at radius 3 is 2.25 bits per heavy atom. The summed E-state index contributed by atoms with van der Waals surface area (Å²) in [6.07, 6.45) is 0. The molecule has 7 nitrogen and oxygen atoms in total. The fourth-order valence-electron chi connectivity index (χ4n) is 2.54. The van der Waals surface area contributed by atoms with Crippen molar-refractivity contribution in [3.8, 4) is 27.8 Å². The van der Waals surface area contributed by atoms with Gasteiger partial charge in [-0.25, -0.2) is 0 Å². The smallest absolute Gasteiger partial charge is 0.248 e. The van der Waals surface area contributed by atoms with Crippen LogP contribution in [0.1, 0.15) is 10.9 Å². The van der Waals surface area contributed by atoms with Gasteiger partial charge in [0.2, 0.25) is 16.8 Å². The number of methoxy groups -OCH3 is 3. The van der Waals surface area contributed by atoms with Crippen molar-refractivity contribution in [3.05, 3.63) is 48.0 Å². The van der Waals surface area contributed by atoms with Gasteiger partial charge in [0.15, 0.2) is 11.5 Å². The number of carbonyl (C=O) groups is 1. The molecule has 0 aliphatic rings. The Morgan fingerprint density at radius 2 is 1.68 bits per heavy atom. The second-order valence-electron chi connectivity index (χ2n) is 5.59. The highest BCUT2D eigenvalue weighted by atomic mass is 35.5. The van der Waals surface area contributed by atoms with Crippen LogP contribution in [0.2, 0.25) is 0 Å². The van der Waals surface area contributed by atoms with E-state index in [0.29, 0.717) is 33.0 Å². The number of anilines is 1. The molecule has 1 unspecified atom stereocenters. The van der Waals surface area contributed by atoms with Crippen LogP contribution in [-0.2, 0) is 4.79 Å². The van der Waals surface area contributed by atoms with Crippen LogP contribution in [0, 0.1) is 0 Å². The number of hydrogen-bond acceptors (Lipinski definition) is 7. The van der Waals surface area contributed by atoms with E-state index in [9.17, 15) is 4.79 Å². The standard InChI is InChI=1S/C19H18ClN3O4S/c1-25-13-9-12(10-14(26-2)16(13)27-3)18-22-23-19(28-18)21-17(24)15(20)11-7-5-4-6-8-11/h4-10,15H,1-3H3,(H,21,23,24). The average molecular weight is 420 g/mol. The average Bonchev–Trinajstić information content (AvgIpc) is 3.21. The van der Waals surface area contributed by atoms with Gasteiger partial charge < -0.3 is 14.2 Å². The molecule has 3 aromatic rings. The van der Waals surface area contributed by atoms with Gasteiger partial charge in [-0.15, -0.1) is 21.8 Å². The molecule has 0 saturated carbocycles. The number of nitrogens with one attached hydrogen (secondary N) is 1. The highest BCUT2D eigenvalue weighted by Gasteiger charge is 2.20. The number of benzene rings is 2. The second kappa shape index (κ2) is 8.90. The van der Waals surface area contributed by atoms with Crippen LogP contribution < -0.4 is 19.5 Å². The number of hydrogen-bond donors (Lipinski definition) is 1. The van der Waals surface area contributed by atoms with E-state index in [-0.39, 0.29) is 5.91 Å². The molecule has 0 bridgehead atoms. The number of carbonyl (C=O) groups excluding carboxylic acids is 1. The highest BCUT2D eigenvalue weighted by Crippen LogP contribution is 2.42. The number of amides is 1. The SMILES string of the molecule is COc1cc(-c2nnc(NC(=O)C(Cl)c3ccccc3)s2)cc(OC)c1OC. The zero-order valence-corrected chi connectivity index (χ0v) is 17.0. The normalized spacial score (nSPS) is 11.6. The lowest BCUT2D eigenvalue weighted by Crippen LogP contribution is -2.17. The molecular formula is C19H18ClN3O4S. The Kier molecular flexibility index (Phi) is 6.33. The Morgan fingerprint density at radius 1 is 1.04 bits per heavy atom. The maximum Gasteiger partial charge on any atom is 0.248 e. The van der Waals surface area contributed by atoms with E-state index in [1.165, 1.54) is 32.7 Å². The predicted molar refractivity (Wildman–Crippen MR) is 109 cm³/mol. The number of alkyl halides is 1. The Hall–Kier alpha value is -2.84. The van der Waals surface area contributed by atoms with Crippen LogP contribution in [-0.4, -0.2) is 37.4 Å². The summed E-state index contributed by atoms with van der Waals surface area (Å²) < 4.78 is 16.0. The van der Waals surface area contributed by atoms with Gasteiger partial charge in [-0.3, -0.25) is 10.1 Å². The van der Waals surface area contributed by atoms with E-state index in [4.69, 9.17) is 25.8 Å². The second-order valence-corrected chi connectivity index (χ2v) is 7.00. The van der Waals surface area contributed by atoms with Gasteiger partial charge in [0.05, 0.1) is 21.3 Å². The van der Waals surface area contributed by atoms with Crippen LogP contribution in [0.15, 0.2) is 42.5 Å². The monoisotopic (exact) mass is 419 g/mol. The molecule has 0 radical (unpaired) electrons. The summed E-state index contributed by atoms with van der Waals surface area (Å²) in [7, 11) is 4.61. The summed E-state index contributed by atoms with van der Waals surface area (Å²) in [5.41, 5.74) is 1.43. The molecule has 1 aromatic heterocycles. The van der Waals surface area contributed by atoms with Crippen molar-refractivity contribution in [2.24, 2.45) is 0 Å². The van der Waals surface area contributed by atoms with Gasteiger partial charge in [-0.05, 0) is 17.7 Å². The minimum Gasteiger partial charge on any atom is -0.493 e. The summed E-state index contributed by atoms with van der Waals surface area (Å²) in [6.45, 7) is 0. The van der Waals surface area contributed by atoms with Crippen molar-refractivity contribution in [1.82, 2.24) is 10.2 Å². The third-order valence-corrected chi connectivity index (χ3v) is 5.23. The van der Waals surface area contributed by atoms with Gasteiger partial charge in [0.1, 0.15) is 10.4 Å². The Labute approximate surface area is 171 Å². The molecule has 1 heterocycles. The van der Waals surface area contributed by atoms with Crippen molar-refractivity contribution in [2.45, 2.75) is 5.38 Å². The maximum atomic E-state index is 12.4. The molecule has 1 atom stereocenters. The summed E-state index contributed by atoms with van der Waals surface area (Å²) in [4.78, 5) is 12.4. The van der Waals surface area contributed by atoms with Gasteiger partial charge in [-0.2, -0.15) is 0 Å². The number of nitrogens with zero attached hydrogens (tertiary/aromatic N) is 2. The minimum absolute atomic E-state index is 0.343. The maximum absolute atomic E-state index is 12.4. The van der Waals surface area contributed by atoms with Crippen LogP contribution >= 0.6 is 22.9 Å². The molecule has 28 heavy (non-hydrogen) atoms. The van der Waals surface area contributed by atoms with Crippen LogP contribution in [0.3, 0.4) is 0 Å². The highest BCUT2D eigenvalue weighted by molar-refractivity contribution is 7.18. The van der Waals surface area contributed by atoms with Gasteiger partial charge >= 0.3 is 0 Å². The van der Waals surface area contributed by atoms with Crippen molar-refractivity contribution in [3.63, 3.8) is 0 Å². The third kappa shape index (κ3) is 4.18. The van der Waals surface area contributed by atoms with Gasteiger partial charge in [-0.1, -0.05) is 41.7 Å². The zero-order valence-electron chi connectivity index (χ0n) is 15.4. The summed E-state index contributed by atoms with van der Waals surface area (Å²) in [5.74, 6) is 1.12. The fourth-order valence-corrected chi connectivity index (χ4v) is 3.47. The molecular weight excluding hydrogens is 402 g/mol. The molecule has 1 amide bonds. The first kappa shape index (κ1) is 19.9. The van der Waals surface area contributed by atoms with Crippen LogP contribution in [0.5, 0.6) is 17.2 Å². The lowest BCUT2D eigenvalue weighted by Gasteiger charge is -2.13.